The normalized spacial score (nSPS) is 19.6. The van der Waals surface area contributed by atoms with Crippen molar-refractivity contribution in [3.05, 3.63) is 17.7 Å². The largest absolute Gasteiger partial charge is 0.493 e. The van der Waals surface area contributed by atoms with Gasteiger partial charge >= 0.3 is 12.0 Å². The Balaban J connectivity index is 2.23. The molecule has 0 heterocycles. The van der Waals surface area contributed by atoms with Gasteiger partial charge in [-0.1, -0.05) is 6.92 Å². The van der Waals surface area contributed by atoms with Crippen LogP contribution < -0.4 is 20.1 Å². The third-order valence-electron chi connectivity index (χ3n) is 3.43. The van der Waals surface area contributed by atoms with Gasteiger partial charge in [-0.05, 0) is 12.3 Å². The van der Waals surface area contributed by atoms with Gasteiger partial charge in [-0.3, -0.25) is 0 Å². The van der Waals surface area contributed by atoms with Crippen LogP contribution in [-0.2, 0) is 0 Å². The van der Waals surface area contributed by atoms with E-state index in [1.54, 1.807) is 0 Å². The molecule has 1 aromatic carbocycles. The molecule has 21 heavy (non-hydrogen) atoms. The number of carbonyl (C=O) groups is 2. The molecule has 2 rings (SSSR count). The number of hydrogen-bond donors (Lipinski definition) is 3. The molecule has 3 N–H and O–H groups in total. The number of benzene rings is 1. The number of carboxylic acid groups (broad SMARTS) is 1. The summed E-state index contributed by atoms with van der Waals surface area (Å²) in [6.07, 6.45) is 0.936. The molecular formula is C14H18N2O5. The fraction of sp³-hybridized carbons (Fsp3) is 0.429. The van der Waals surface area contributed by atoms with Crippen LogP contribution in [0.3, 0.4) is 0 Å². The Kier molecular flexibility index (Phi) is 4.21. The highest BCUT2D eigenvalue weighted by Gasteiger charge is 2.34. The van der Waals surface area contributed by atoms with E-state index in [2.05, 4.69) is 10.6 Å². The molecule has 1 aliphatic rings. The molecule has 0 radical (unpaired) electrons. The third-order valence-corrected chi connectivity index (χ3v) is 3.43. The van der Waals surface area contributed by atoms with Gasteiger partial charge in [-0.25, -0.2) is 9.59 Å². The lowest BCUT2D eigenvalue weighted by atomic mass is 10.1. The predicted molar refractivity (Wildman–Crippen MR) is 76.2 cm³/mol. The second-order valence-electron chi connectivity index (χ2n) is 4.98. The number of anilines is 1. The molecule has 1 aliphatic carbocycles. The molecule has 7 heteroatoms. The number of amides is 2. The van der Waals surface area contributed by atoms with E-state index in [9.17, 15) is 14.7 Å². The van der Waals surface area contributed by atoms with Crippen molar-refractivity contribution < 1.29 is 24.2 Å². The molecule has 2 amide bonds. The van der Waals surface area contributed by atoms with Crippen LogP contribution in [0, 0.1) is 5.92 Å². The molecule has 7 nitrogen and oxygen atoms in total. The van der Waals surface area contributed by atoms with Gasteiger partial charge < -0.3 is 25.2 Å². The van der Waals surface area contributed by atoms with Crippen LogP contribution in [0.25, 0.3) is 0 Å². The molecule has 2 atom stereocenters. The molecule has 0 aliphatic heterocycles. The quantitative estimate of drug-likeness (QED) is 0.771. The van der Waals surface area contributed by atoms with Crippen molar-refractivity contribution in [2.24, 2.45) is 5.92 Å². The Morgan fingerprint density at radius 2 is 1.81 bits per heavy atom. The minimum atomic E-state index is -1.16. The summed E-state index contributed by atoms with van der Waals surface area (Å²) >= 11 is 0. The van der Waals surface area contributed by atoms with Gasteiger partial charge in [-0.2, -0.15) is 0 Å². The summed E-state index contributed by atoms with van der Waals surface area (Å²) in [5, 5.41) is 14.5. The maximum Gasteiger partial charge on any atom is 0.337 e. The monoisotopic (exact) mass is 294 g/mol. The van der Waals surface area contributed by atoms with Crippen molar-refractivity contribution in [1.29, 1.82) is 0 Å². The van der Waals surface area contributed by atoms with Crippen molar-refractivity contribution in [2.75, 3.05) is 19.5 Å². The predicted octanol–water partition coefficient (Wildman–Crippen LogP) is 1.93. The Bertz CT molecular complexity index is 573. The smallest absolute Gasteiger partial charge is 0.337 e. The van der Waals surface area contributed by atoms with E-state index in [0.29, 0.717) is 11.7 Å². The number of hydrogen-bond acceptors (Lipinski definition) is 4. The first-order valence-corrected chi connectivity index (χ1v) is 6.53. The first kappa shape index (κ1) is 15.0. The average molecular weight is 294 g/mol. The first-order chi connectivity index (χ1) is 9.96. The standard InChI is InChI=1S/C14H18N2O5/c1-7-4-9(7)15-14(19)16-10-6-12(21-3)11(20-2)5-8(10)13(17)18/h5-7,9H,4H2,1-3H3,(H,17,18)(H2,15,16,19). The zero-order chi connectivity index (χ0) is 15.6. The van der Waals surface area contributed by atoms with E-state index in [1.165, 1.54) is 26.4 Å². The number of rotatable bonds is 5. The van der Waals surface area contributed by atoms with E-state index < -0.39 is 12.0 Å². The second kappa shape index (κ2) is 5.90. The molecule has 0 bridgehead atoms. The number of methoxy groups -OCH3 is 2. The van der Waals surface area contributed by atoms with Crippen molar-refractivity contribution >= 4 is 17.7 Å². The van der Waals surface area contributed by atoms with Crippen LogP contribution in [0.4, 0.5) is 10.5 Å². The van der Waals surface area contributed by atoms with Gasteiger partial charge in [0.2, 0.25) is 0 Å². The Morgan fingerprint density at radius 1 is 1.24 bits per heavy atom. The summed E-state index contributed by atoms with van der Waals surface area (Å²) < 4.78 is 10.2. The summed E-state index contributed by atoms with van der Waals surface area (Å²) in [5.41, 5.74) is 0.0950. The van der Waals surface area contributed by atoms with Crippen molar-refractivity contribution in [1.82, 2.24) is 5.32 Å². The molecular weight excluding hydrogens is 276 g/mol. The van der Waals surface area contributed by atoms with E-state index in [1.807, 2.05) is 6.92 Å². The fourth-order valence-electron chi connectivity index (χ4n) is 2.01. The number of carbonyl (C=O) groups excluding carboxylic acids is 1. The third kappa shape index (κ3) is 3.36. The van der Waals surface area contributed by atoms with Gasteiger partial charge in [-0.15, -0.1) is 0 Å². The number of ether oxygens (including phenoxy) is 2. The number of nitrogens with one attached hydrogen (secondary N) is 2. The summed E-state index contributed by atoms with van der Waals surface area (Å²) in [7, 11) is 2.85. The average Bonchev–Trinajstić information content (AvgIpc) is 3.12. The maximum atomic E-state index is 11.9. The zero-order valence-corrected chi connectivity index (χ0v) is 12.1. The lowest BCUT2D eigenvalue weighted by Gasteiger charge is -2.14. The second-order valence-corrected chi connectivity index (χ2v) is 4.98. The molecule has 1 fully saturated rings. The summed E-state index contributed by atoms with van der Waals surface area (Å²) in [6.45, 7) is 2.03. The number of urea groups is 1. The van der Waals surface area contributed by atoms with Gasteiger partial charge in [0.15, 0.2) is 11.5 Å². The molecule has 2 unspecified atom stereocenters. The zero-order valence-electron chi connectivity index (χ0n) is 12.1. The van der Waals surface area contributed by atoms with E-state index >= 15 is 0 Å². The topological polar surface area (TPSA) is 96.9 Å². The van der Waals surface area contributed by atoms with E-state index in [4.69, 9.17) is 9.47 Å². The Labute approximate surface area is 122 Å². The minimum Gasteiger partial charge on any atom is -0.493 e. The van der Waals surface area contributed by atoms with Crippen LogP contribution in [0.2, 0.25) is 0 Å². The van der Waals surface area contributed by atoms with Gasteiger partial charge in [0.25, 0.3) is 0 Å². The van der Waals surface area contributed by atoms with E-state index in [-0.39, 0.29) is 23.0 Å². The van der Waals surface area contributed by atoms with Gasteiger partial charge in [0.1, 0.15) is 0 Å². The van der Waals surface area contributed by atoms with Crippen LogP contribution in [0.15, 0.2) is 12.1 Å². The Morgan fingerprint density at radius 3 is 2.29 bits per heavy atom. The lowest BCUT2D eigenvalue weighted by Crippen LogP contribution is -2.31. The summed E-state index contributed by atoms with van der Waals surface area (Å²) in [5.74, 6) is -0.0691. The molecule has 1 saturated carbocycles. The molecule has 1 aromatic rings. The molecule has 0 saturated heterocycles. The summed E-state index contributed by atoms with van der Waals surface area (Å²) in [6, 6.07) is 2.46. The number of aromatic carboxylic acids is 1. The highest BCUT2D eigenvalue weighted by molar-refractivity contribution is 6.01. The van der Waals surface area contributed by atoms with Crippen molar-refractivity contribution in [3.8, 4) is 11.5 Å². The van der Waals surface area contributed by atoms with E-state index in [0.717, 1.165) is 6.42 Å². The maximum absolute atomic E-state index is 11.9. The highest BCUT2D eigenvalue weighted by atomic mass is 16.5. The van der Waals surface area contributed by atoms with Crippen molar-refractivity contribution in [3.63, 3.8) is 0 Å². The van der Waals surface area contributed by atoms with Crippen LogP contribution >= 0.6 is 0 Å². The van der Waals surface area contributed by atoms with Crippen LogP contribution in [0.5, 0.6) is 11.5 Å². The van der Waals surface area contributed by atoms with Crippen LogP contribution in [0.1, 0.15) is 23.7 Å². The molecule has 0 aromatic heterocycles. The molecule has 0 spiro atoms. The van der Waals surface area contributed by atoms with Crippen LogP contribution in [-0.4, -0.2) is 37.4 Å². The lowest BCUT2D eigenvalue weighted by molar-refractivity contribution is 0.0697. The Hall–Kier alpha value is -2.44. The van der Waals surface area contributed by atoms with Crippen molar-refractivity contribution in [2.45, 2.75) is 19.4 Å². The molecule has 114 valence electrons. The minimum absolute atomic E-state index is 0.0633. The SMILES string of the molecule is COc1cc(NC(=O)NC2CC2C)c(C(=O)O)cc1OC. The first-order valence-electron chi connectivity index (χ1n) is 6.53. The fourth-order valence-corrected chi connectivity index (χ4v) is 2.01. The number of carboxylic acids is 1. The van der Waals surface area contributed by atoms with Gasteiger partial charge in [0.05, 0.1) is 25.5 Å². The highest BCUT2D eigenvalue weighted by Crippen LogP contribution is 2.34. The summed E-state index contributed by atoms with van der Waals surface area (Å²) in [4.78, 5) is 23.1. The van der Waals surface area contributed by atoms with Gasteiger partial charge in [0, 0.05) is 18.2 Å².